The van der Waals surface area contributed by atoms with Gasteiger partial charge in [-0.2, -0.15) is 0 Å². The Morgan fingerprint density at radius 3 is 2.65 bits per heavy atom. The van der Waals surface area contributed by atoms with Gasteiger partial charge < -0.3 is 14.8 Å². The van der Waals surface area contributed by atoms with E-state index in [9.17, 15) is 9.59 Å². The van der Waals surface area contributed by atoms with Gasteiger partial charge in [0.1, 0.15) is 5.01 Å². The first-order chi connectivity index (χ1) is 12.4. The molecule has 0 saturated heterocycles. The number of rotatable bonds is 8. The van der Waals surface area contributed by atoms with Crippen molar-refractivity contribution < 1.29 is 19.1 Å². The normalized spacial score (nSPS) is 11.8. The summed E-state index contributed by atoms with van der Waals surface area (Å²) >= 11 is 13.7. The van der Waals surface area contributed by atoms with E-state index in [1.54, 1.807) is 23.6 Å². The number of halogens is 2. The Hall–Kier alpha value is -1.67. The fraction of sp³-hybridized carbons (Fsp3) is 0.353. The second kappa shape index (κ2) is 9.87. The maximum atomic E-state index is 12.0. The predicted molar refractivity (Wildman–Crippen MR) is 102 cm³/mol. The van der Waals surface area contributed by atoms with Crippen molar-refractivity contribution in [2.45, 2.75) is 19.4 Å². The van der Waals surface area contributed by atoms with Crippen LogP contribution < -0.4 is 5.32 Å². The molecule has 0 aliphatic carbocycles. The summed E-state index contributed by atoms with van der Waals surface area (Å²) in [6.07, 6.45) is -0.940. The highest BCUT2D eigenvalue weighted by Gasteiger charge is 2.19. The molecule has 0 spiro atoms. The van der Waals surface area contributed by atoms with Crippen LogP contribution in [0.2, 0.25) is 10.0 Å². The lowest BCUT2D eigenvalue weighted by Crippen LogP contribution is -2.37. The highest BCUT2D eigenvalue weighted by atomic mass is 35.5. The van der Waals surface area contributed by atoms with Crippen molar-refractivity contribution in [3.05, 3.63) is 39.3 Å². The van der Waals surface area contributed by atoms with Crippen LogP contribution in [0.1, 0.15) is 12.6 Å². The standard InChI is InChI=1S/C17H18Cl2N2O4S/c1-10(16(23)20-6-7-24-2)25-14(22)8-11-9-26-17(21-11)15-12(18)4-3-5-13(15)19/h3-5,9-10H,6-8H2,1-2H3,(H,20,23)/t10-/m0/s1. The summed E-state index contributed by atoms with van der Waals surface area (Å²) in [5, 5.41) is 5.94. The summed E-state index contributed by atoms with van der Waals surface area (Å²) in [6, 6.07) is 5.20. The van der Waals surface area contributed by atoms with Crippen molar-refractivity contribution in [1.82, 2.24) is 10.3 Å². The first kappa shape index (κ1) is 20.6. The Labute approximate surface area is 165 Å². The Morgan fingerprint density at radius 1 is 1.31 bits per heavy atom. The van der Waals surface area contributed by atoms with E-state index in [0.717, 1.165) is 0 Å². The van der Waals surface area contributed by atoms with E-state index >= 15 is 0 Å². The molecule has 2 rings (SSSR count). The molecule has 1 aromatic carbocycles. The second-order valence-corrected chi connectivity index (χ2v) is 7.01. The molecule has 0 fully saturated rings. The first-order valence-corrected chi connectivity index (χ1v) is 9.40. The molecule has 140 valence electrons. The van der Waals surface area contributed by atoms with Crippen molar-refractivity contribution in [1.29, 1.82) is 0 Å². The molecule has 1 atom stereocenters. The molecule has 6 nitrogen and oxygen atoms in total. The zero-order valence-corrected chi connectivity index (χ0v) is 16.6. The molecule has 9 heteroatoms. The van der Waals surface area contributed by atoms with Gasteiger partial charge in [-0.3, -0.25) is 9.59 Å². The number of methoxy groups -OCH3 is 1. The molecule has 0 radical (unpaired) electrons. The molecule has 1 N–H and O–H groups in total. The SMILES string of the molecule is COCCNC(=O)[C@H](C)OC(=O)Cc1csc(-c2c(Cl)cccc2Cl)n1. The first-order valence-electron chi connectivity index (χ1n) is 7.77. The molecule has 1 heterocycles. The van der Waals surface area contributed by atoms with E-state index in [4.69, 9.17) is 32.7 Å². The van der Waals surface area contributed by atoms with Gasteiger partial charge in [0.15, 0.2) is 6.10 Å². The Kier molecular flexibility index (Phi) is 7.84. The van der Waals surface area contributed by atoms with Crippen molar-refractivity contribution in [2.75, 3.05) is 20.3 Å². The topological polar surface area (TPSA) is 77.5 Å². The number of carbonyl (C=O) groups excluding carboxylic acids is 2. The molecule has 1 amide bonds. The van der Waals surface area contributed by atoms with E-state index < -0.39 is 12.1 Å². The van der Waals surface area contributed by atoms with Gasteiger partial charge in [-0.25, -0.2) is 4.98 Å². The monoisotopic (exact) mass is 416 g/mol. The summed E-state index contributed by atoms with van der Waals surface area (Å²) in [6.45, 7) is 2.25. The van der Waals surface area contributed by atoms with E-state index in [1.165, 1.54) is 25.4 Å². The van der Waals surface area contributed by atoms with Gasteiger partial charge in [0, 0.05) is 24.6 Å². The summed E-state index contributed by atoms with van der Waals surface area (Å²) in [5.41, 5.74) is 1.16. The molecule has 0 aliphatic heterocycles. The highest BCUT2D eigenvalue weighted by Crippen LogP contribution is 2.36. The molecule has 26 heavy (non-hydrogen) atoms. The molecule has 0 unspecified atom stereocenters. The molecule has 2 aromatic rings. The minimum Gasteiger partial charge on any atom is -0.452 e. The average molecular weight is 417 g/mol. The number of amides is 1. The van der Waals surface area contributed by atoms with Gasteiger partial charge in [0.05, 0.1) is 28.8 Å². The van der Waals surface area contributed by atoms with Gasteiger partial charge in [0.2, 0.25) is 0 Å². The number of benzene rings is 1. The van der Waals surface area contributed by atoms with Gasteiger partial charge in [-0.1, -0.05) is 29.3 Å². The summed E-state index contributed by atoms with van der Waals surface area (Å²) in [7, 11) is 1.54. The minimum atomic E-state index is -0.893. The summed E-state index contributed by atoms with van der Waals surface area (Å²) in [4.78, 5) is 28.2. The molecular formula is C17H18Cl2N2O4S. The van der Waals surface area contributed by atoms with Crippen molar-refractivity contribution >= 4 is 46.4 Å². The van der Waals surface area contributed by atoms with E-state index in [-0.39, 0.29) is 12.3 Å². The number of esters is 1. The number of ether oxygens (including phenoxy) is 2. The number of nitrogens with zero attached hydrogens (tertiary/aromatic N) is 1. The number of thiazole rings is 1. The Balaban J connectivity index is 1.94. The average Bonchev–Trinajstić information content (AvgIpc) is 3.02. The second-order valence-electron chi connectivity index (χ2n) is 5.33. The quantitative estimate of drug-likeness (QED) is 0.527. The van der Waals surface area contributed by atoms with Gasteiger partial charge in [0.25, 0.3) is 5.91 Å². The molecular weight excluding hydrogens is 399 g/mol. The predicted octanol–water partition coefficient (Wildman–Crippen LogP) is 3.35. The lowest BCUT2D eigenvalue weighted by Gasteiger charge is -2.12. The summed E-state index contributed by atoms with van der Waals surface area (Å²) in [5.74, 6) is -0.918. The van der Waals surface area contributed by atoms with E-state index in [1.807, 2.05) is 0 Å². The minimum absolute atomic E-state index is 0.0474. The maximum absolute atomic E-state index is 12.0. The third-order valence-corrected chi connectivity index (χ3v) is 4.88. The lowest BCUT2D eigenvalue weighted by atomic mass is 10.2. The van der Waals surface area contributed by atoms with E-state index in [0.29, 0.717) is 39.5 Å². The van der Waals surface area contributed by atoms with Gasteiger partial charge in [-0.15, -0.1) is 11.3 Å². The number of hydrogen-bond donors (Lipinski definition) is 1. The largest absolute Gasteiger partial charge is 0.452 e. The van der Waals surface area contributed by atoms with Crippen LogP contribution >= 0.6 is 34.5 Å². The van der Waals surface area contributed by atoms with Crippen LogP contribution in [0.5, 0.6) is 0 Å². The lowest BCUT2D eigenvalue weighted by molar-refractivity contribution is -0.154. The number of aromatic nitrogens is 1. The van der Waals surface area contributed by atoms with Crippen molar-refractivity contribution in [2.24, 2.45) is 0 Å². The smallest absolute Gasteiger partial charge is 0.312 e. The van der Waals surface area contributed by atoms with Gasteiger partial charge >= 0.3 is 5.97 Å². The van der Waals surface area contributed by atoms with Crippen LogP contribution in [0.15, 0.2) is 23.6 Å². The van der Waals surface area contributed by atoms with Crippen LogP contribution in [-0.4, -0.2) is 43.2 Å². The third-order valence-electron chi connectivity index (χ3n) is 3.34. The van der Waals surface area contributed by atoms with Crippen LogP contribution in [0.4, 0.5) is 0 Å². The fourth-order valence-corrected chi connectivity index (χ4v) is 3.65. The molecule has 0 saturated carbocycles. The molecule has 0 bridgehead atoms. The Bertz CT molecular complexity index is 762. The highest BCUT2D eigenvalue weighted by molar-refractivity contribution is 7.13. The van der Waals surface area contributed by atoms with Crippen LogP contribution in [-0.2, 0) is 25.5 Å². The molecule has 0 aliphatic rings. The zero-order chi connectivity index (χ0) is 19.1. The number of hydrogen-bond acceptors (Lipinski definition) is 6. The zero-order valence-electron chi connectivity index (χ0n) is 14.3. The van der Waals surface area contributed by atoms with Crippen LogP contribution in [0.25, 0.3) is 10.6 Å². The van der Waals surface area contributed by atoms with Crippen LogP contribution in [0.3, 0.4) is 0 Å². The van der Waals surface area contributed by atoms with Crippen molar-refractivity contribution in [3.8, 4) is 10.6 Å². The summed E-state index contributed by atoms with van der Waals surface area (Å²) < 4.78 is 9.97. The van der Waals surface area contributed by atoms with E-state index in [2.05, 4.69) is 10.3 Å². The fourth-order valence-electron chi connectivity index (χ4n) is 2.07. The Morgan fingerprint density at radius 2 is 2.00 bits per heavy atom. The molecule has 1 aromatic heterocycles. The maximum Gasteiger partial charge on any atom is 0.312 e. The number of nitrogens with one attached hydrogen (secondary N) is 1. The third kappa shape index (κ3) is 5.67. The van der Waals surface area contributed by atoms with Crippen LogP contribution in [0, 0.1) is 0 Å². The van der Waals surface area contributed by atoms with Gasteiger partial charge in [-0.05, 0) is 19.1 Å². The number of carbonyl (C=O) groups is 2. The van der Waals surface area contributed by atoms with Crippen molar-refractivity contribution in [3.63, 3.8) is 0 Å².